The van der Waals surface area contributed by atoms with Crippen molar-refractivity contribution < 1.29 is 0 Å². The van der Waals surface area contributed by atoms with Gasteiger partial charge in [-0.2, -0.15) is 0 Å². The van der Waals surface area contributed by atoms with E-state index in [1.54, 1.807) is 0 Å². The van der Waals surface area contributed by atoms with Crippen molar-refractivity contribution in [2.75, 3.05) is 0 Å². The van der Waals surface area contributed by atoms with E-state index in [1.165, 1.54) is 16.7 Å². The fourth-order valence-electron chi connectivity index (χ4n) is 0.819. The first-order valence-corrected chi connectivity index (χ1v) is 4.15. The van der Waals surface area contributed by atoms with E-state index in [0.29, 0.717) is 0 Å². The van der Waals surface area contributed by atoms with Gasteiger partial charge in [0.05, 0.1) is 0 Å². The van der Waals surface area contributed by atoms with Gasteiger partial charge in [0.15, 0.2) is 0 Å². The Morgan fingerprint density at radius 3 is 1.64 bits per heavy atom. The Morgan fingerprint density at radius 2 is 1.36 bits per heavy atom. The zero-order valence-electron chi connectivity index (χ0n) is 8.15. The molecule has 55 valence electrons. The van der Waals surface area contributed by atoms with Crippen LogP contribution in [-0.4, -0.2) is 17.7 Å². The van der Waals surface area contributed by atoms with Gasteiger partial charge in [-0.15, -0.1) is 0 Å². The van der Waals surface area contributed by atoms with E-state index in [9.17, 15) is 0 Å². The molecule has 0 aromatic heterocycles. The fraction of sp³-hybridized carbons (Fsp3) is 0.400. The van der Waals surface area contributed by atoms with Gasteiger partial charge >= 0.3 is 23.3 Å². The van der Waals surface area contributed by atoms with Crippen molar-refractivity contribution in [3.63, 3.8) is 0 Å². The molecule has 0 amide bonds. The quantitative estimate of drug-likeness (QED) is 0.487. The first-order valence-electron chi connectivity index (χ1n) is 4.15. The van der Waals surface area contributed by atoms with E-state index in [0.717, 1.165) is 0 Å². The van der Waals surface area contributed by atoms with Crippen molar-refractivity contribution in [1.29, 1.82) is 0 Å². The van der Waals surface area contributed by atoms with Gasteiger partial charge < -0.3 is 0 Å². The Kier molecular flexibility index (Phi) is 5.37. The van der Waals surface area contributed by atoms with Crippen LogP contribution in [-0.2, 0) is 0 Å². The van der Waals surface area contributed by atoms with Crippen molar-refractivity contribution in [2.24, 2.45) is 0 Å². The van der Waals surface area contributed by atoms with E-state index in [1.807, 2.05) is 35.4 Å². The molecule has 0 nitrogen and oxygen atoms in total. The Labute approximate surface area is 79.2 Å². The van der Waals surface area contributed by atoms with Crippen LogP contribution >= 0.6 is 0 Å². The van der Waals surface area contributed by atoms with Gasteiger partial charge in [-0.3, -0.25) is 0 Å². The summed E-state index contributed by atoms with van der Waals surface area (Å²) >= 11 is 2.00. The molecule has 0 unspecified atom stereocenters. The van der Waals surface area contributed by atoms with Crippen molar-refractivity contribution >= 4 is 17.7 Å². The molecule has 1 radical (unpaired) electrons. The molecule has 0 N–H and O–H groups in total. The van der Waals surface area contributed by atoms with Crippen LogP contribution in [0.3, 0.4) is 0 Å². The molecule has 0 saturated heterocycles. The Morgan fingerprint density at radius 1 is 1.00 bits per heavy atom. The Hall–Kier alpha value is -0.183. The van der Waals surface area contributed by atoms with Crippen molar-refractivity contribution in [3.8, 4) is 0 Å². The summed E-state index contributed by atoms with van der Waals surface area (Å²) in [5.74, 6) is 0. The predicted octanol–water partition coefficient (Wildman–Crippen LogP) is 2.62. The zero-order chi connectivity index (χ0) is 8.85. The maximum absolute atomic E-state index is 3.07. The van der Waals surface area contributed by atoms with Gasteiger partial charge in [-0.1, -0.05) is 12.1 Å². The Balaban J connectivity index is 0.000000461. The molecule has 0 heterocycles. The van der Waals surface area contributed by atoms with Gasteiger partial charge in [0, 0.05) is 0 Å². The van der Waals surface area contributed by atoms with Gasteiger partial charge in [0.1, 0.15) is 0 Å². The summed E-state index contributed by atoms with van der Waals surface area (Å²) in [6.45, 7) is 6.36. The van der Waals surface area contributed by atoms with Gasteiger partial charge in [0.25, 0.3) is 0 Å². The molecule has 1 heteroatoms. The molecule has 1 aromatic rings. The van der Waals surface area contributed by atoms with Crippen LogP contribution in [0.2, 0.25) is 5.60 Å². The first kappa shape index (κ1) is 10.8. The minimum absolute atomic E-state index is 1.33. The van der Waals surface area contributed by atoms with E-state index in [4.69, 9.17) is 0 Å². The average Bonchev–Trinajstić information content (AvgIpc) is 2.04. The van der Waals surface area contributed by atoms with Crippen LogP contribution in [0.1, 0.15) is 16.7 Å². The van der Waals surface area contributed by atoms with Crippen LogP contribution < -0.4 is 0 Å². The fourth-order valence-corrected chi connectivity index (χ4v) is 0.819. The van der Waals surface area contributed by atoms with E-state index < -0.39 is 0 Å². The third-order valence-electron chi connectivity index (χ3n) is 1.78. The molecule has 1 rings (SSSR count). The summed E-state index contributed by atoms with van der Waals surface area (Å²) < 4.78 is 0. The molecule has 0 atom stereocenters. The van der Waals surface area contributed by atoms with Crippen LogP contribution in [0.5, 0.6) is 0 Å². The predicted molar refractivity (Wildman–Crippen MR) is 51.1 cm³/mol. The third-order valence-corrected chi connectivity index (χ3v) is 1.78. The number of benzene rings is 1. The molecule has 11 heavy (non-hydrogen) atoms. The molecular formula is C10H14Li. The van der Waals surface area contributed by atoms with Crippen molar-refractivity contribution in [1.82, 2.24) is 0 Å². The van der Waals surface area contributed by atoms with Gasteiger partial charge in [0.2, 0.25) is 0 Å². The van der Waals surface area contributed by atoms with Gasteiger partial charge in [-0.05, 0) is 43.5 Å². The second-order valence-corrected chi connectivity index (χ2v) is 2.45. The van der Waals surface area contributed by atoms with Gasteiger partial charge in [-0.25, -0.2) is 0 Å². The number of hydrogen-bond acceptors (Lipinski definition) is 0. The molecule has 0 aliphatic heterocycles. The normalized spacial score (nSPS) is 8.55. The van der Waals surface area contributed by atoms with Crippen LogP contribution in [0.25, 0.3) is 0 Å². The average molecular weight is 141 g/mol. The van der Waals surface area contributed by atoms with Crippen molar-refractivity contribution in [2.45, 2.75) is 26.4 Å². The summed E-state index contributed by atoms with van der Waals surface area (Å²) in [6, 6.07) is 7.10. The molecule has 0 fully saturated rings. The van der Waals surface area contributed by atoms with Crippen LogP contribution in [0.4, 0.5) is 0 Å². The molecule has 1 aromatic carbocycles. The molecule has 0 aliphatic rings. The molecule has 0 bridgehead atoms. The number of hydrogen-bond donors (Lipinski definition) is 0. The molecule has 0 saturated carbocycles. The topological polar surface area (TPSA) is 0 Å². The number of rotatable bonds is 0. The monoisotopic (exact) mass is 141 g/mol. The van der Waals surface area contributed by atoms with E-state index in [2.05, 4.69) is 26.8 Å². The molecular weight excluding hydrogens is 127 g/mol. The second-order valence-electron chi connectivity index (χ2n) is 2.45. The van der Waals surface area contributed by atoms with Crippen LogP contribution in [0.15, 0.2) is 12.1 Å². The van der Waals surface area contributed by atoms with E-state index in [-0.39, 0.29) is 0 Å². The zero-order valence-corrected chi connectivity index (χ0v) is 8.15. The molecule has 0 spiro atoms. The number of aryl methyl sites for hydroxylation is 2. The third kappa shape index (κ3) is 3.14. The maximum atomic E-state index is 3.07. The van der Waals surface area contributed by atoms with Crippen molar-refractivity contribution in [3.05, 3.63) is 34.9 Å². The van der Waals surface area contributed by atoms with E-state index >= 15 is 0 Å². The SMILES string of the molecule is Cc1c[c]cc(C)c1C.[Li][CH3]. The summed E-state index contributed by atoms with van der Waals surface area (Å²) in [5.41, 5.74) is 6.04. The minimum atomic E-state index is 1.33. The second kappa shape index (κ2) is 5.47. The first-order chi connectivity index (χ1) is 5.22. The standard InChI is InChI=1S/C9H11.CH3.Li/c1-7-5-4-6-8(2)9(7)3;;/h5-6H,1-3H3;1H3;. The summed E-state index contributed by atoms with van der Waals surface area (Å²) in [4.78, 5) is 0. The van der Waals surface area contributed by atoms with Crippen LogP contribution in [0, 0.1) is 26.8 Å². The Bertz CT molecular complexity index is 196. The summed E-state index contributed by atoms with van der Waals surface area (Å²) in [5, 5.41) is 0. The summed E-state index contributed by atoms with van der Waals surface area (Å²) in [7, 11) is 0. The summed E-state index contributed by atoms with van der Waals surface area (Å²) in [6.07, 6.45) is 0. The molecule has 0 aliphatic carbocycles.